The minimum atomic E-state index is -0.0420. The van der Waals surface area contributed by atoms with Crippen LogP contribution in [0.3, 0.4) is 0 Å². The third kappa shape index (κ3) is 4.31. The molecule has 122 valence electrons. The number of nitrogens with zero attached hydrogens (tertiary/aromatic N) is 3. The molecule has 2 fully saturated rings. The molecule has 1 heterocycles. The van der Waals surface area contributed by atoms with Crippen LogP contribution in [-0.2, 0) is 11.3 Å². The van der Waals surface area contributed by atoms with Gasteiger partial charge in [-0.1, -0.05) is 12.1 Å². The third-order valence-electron chi connectivity index (χ3n) is 4.72. The highest BCUT2D eigenvalue weighted by Gasteiger charge is 2.29. The van der Waals surface area contributed by atoms with Crippen molar-refractivity contribution in [3.63, 3.8) is 0 Å². The first-order chi connectivity index (χ1) is 11.2. The van der Waals surface area contributed by atoms with Crippen molar-refractivity contribution in [2.45, 2.75) is 38.4 Å². The number of amides is 1. The molecule has 1 saturated heterocycles. The summed E-state index contributed by atoms with van der Waals surface area (Å²) in [4.78, 5) is 16.8. The molecular formula is C18H24N4O. The van der Waals surface area contributed by atoms with Gasteiger partial charge in [0.2, 0.25) is 5.91 Å². The number of carbonyl (C=O) groups is 1. The van der Waals surface area contributed by atoms with Gasteiger partial charge in [0, 0.05) is 38.8 Å². The van der Waals surface area contributed by atoms with Gasteiger partial charge >= 0.3 is 0 Å². The molecule has 1 unspecified atom stereocenters. The second kappa shape index (κ2) is 7.12. The predicted octanol–water partition coefficient (Wildman–Crippen LogP) is 1.34. The Morgan fingerprint density at radius 2 is 2.09 bits per heavy atom. The zero-order valence-corrected chi connectivity index (χ0v) is 13.7. The van der Waals surface area contributed by atoms with Gasteiger partial charge in [-0.15, -0.1) is 0 Å². The van der Waals surface area contributed by atoms with Gasteiger partial charge in [-0.05, 0) is 37.5 Å². The van der Waals surface area contributed by atoms with Crippen LogP contribution in [0.15, 0.2) is 24.3 Å². The van der Waals surface area contributed by atoms with Gasteiger partial charge in [0.1, 0.15) is 0 Å². The molecule has 1 aromatic carbocycles. The van der Waals surface area contributed by atoms with E-state index in [-0.39, 0.29) is 11.9 Å². The smallest absolute Gasteiger partial charge is 0.237 e. The Morgan fingerprint density at radius 3 is 2.74 bits per heavy atom. The van der Waals surface area contributed by atoms with E-state index in [0.29, 0.717) is 11.6 Å². The molecule has 0 bridgehead atoms. The summed E-state index contributed by atoms with van der Waals surface area (Å²) in [6, 6.07) is 10.4. The Morgan fingerprint density at radius 1 is 1.35 bits per heavy atom. The Labute approximate surface area is 137 Å². The van der Waals surface area contributed by atoms with Crippen LogP contribution in [0.1, 0.15) is 30.9 Å². The maximum absolute atomic E-state index is 12.1. The minimum absolute atomic E-state index is 0.0420. The Kier molecular flexibility index (Phi) is 4.94. The van der Waals surface area contributed by atoms with E-state index in [1.54, 1.807) is 0 Å². The quantitative estimate of drug-likeness (QED) is 0.891. The number of hydrogen-bond donors (Lipinski definition) is 1. The zero-order valence-electron chi connectivity index (χ0n) is 13.7. The summed E-state index contributed by atoms with van der Waals surface area (Å²) in [5, 5.41) is 12.1. The monoisotopic (exact) mass is 312 g/mol. The van der Waals surface area contributed by atoms with Gasteiger partial charge in [0.25, 0.3) is 0 Å². The summed E-state index contributed by atoms with van der Waals surface area (Å²) < 4.78 is 0. The van der Waals surface area contributed by atoms with Crippen molar-refractivity contribution in [1.82, 2.24) is 15.1 Å². The molecular weight excluding hydrogens is 288 g/mol. The number of carbonyl (C=O) groups excluding carboxylic acids is 1. The molecule has 1 aliphatic heterocycles. The van der Waals surface area contributed by atoms with Crippen LogP contribution in [0.4, 0.5) is 0 Å². The first-order valence-corrected chi connectivity index (χ1v) is 8.41. The average molecular weight is 312 g/mol. The van der Waals surface area contributed by atoms with Crippen molar-refractivity contribution < 1.29 is 4.79 Å². The first kappa shape index (κ1) is 16.0. The lowest BCUT2D eigenvalue weighted by Gasteiger charge is -2.37. The molecule has 1 atom stereocenters. The van der Waals surface area contributed by atoms with Crippen LogP contribution in [-0.4, -0.2) is 54.0 Å². The van der Waals surface area contributed by atoms with Crippen molar-refractivity contribution in [2.75, 3.05) is 26.2 Å². The van der Waals surface area contributed by atoms with Crippen LogP contribution >= 0.6 is 0 Å². The van der Waals surface area contributed by atoms with Gasteiger partial charge < -0.3 is 5.32 Å². The highest BCUT2D eigenvalue weighted by Crippen LogP contribution is 2.19. The number of nitriles is 1. The van der Waals surface area contributed by atoms with Crippen LogP contribution in [0.25, 0.3) is 0 Å². The molecule has 1 saturated carbocycles. The van der Waals surface area contributed by atoms with Crippen molar-refractivity contribution in [2.24, 2.45) is 0 Å². The fourth-order valence-corrected chi connectivity index (χ4v) is 3.02. The lowest BCUT2D eigenvalue weighted by atomic mass is 10.1. The van der Waals surface area contributed by atoms with Crippen LogP contribution in [0, 0.1) is 11.3 Å². The average Bonchev–Trinajstić information content (AvgIpc) is 3.39. The summed E-state index contributed by atoms with van der Waals surface area (Å²) in [5.74, 6) is 0.169. The number of nitrogens with one attached hydrogen (secondary N) is 1. The topological polar surface area (TPSA) is 59.4 Å². The number of benzene rings is 1. The number of hydrogen-bond acceptors (Lipinski definition) is 4. The molecule has 0 radical (unpaired) electrons. The Hall–Kier alpha value is -1.90. The third-order valence-corrected chi connectivity index (χ3v) is 4.72. The maximum Gasteiger partial charge on any atom is 0.237 e. The summed E-state index contributed by atoms with van der Waals surface area (Å²) in [7, 11) is 0. The minimum Gasteiger partial charge on any atom is -0.352 e. The molecule has 1 aromatic rings. The van der Waals surface area contributed by atoms with Crippen molar-refractivity contribution in [3.8, 4) is 6.07 Å². The van der Waals surface area contributed by atoms with E-state index < -0.39 is 0 Å². The highest BCUT2D eigenvalue weighted by molar-refractivity contribution is 5.81. The molecule has 1 aliphatic carbocycles. The maximum atomic E-state index is 12.1. The van der Waals surface area contributed by atoms with Gasteiger partial charge in [0.05, 0.1) is 17.7 Å². The summed E-state index contributed by atoms with van der Waals surface area (Å²) in [5.41, 5.74) is 1.89. The molecule has 3 rings (SSSR count). The molecule has 5 heteroatoms. The van der Waals surface area contributed by atoms with E-state index in [1.165, 1.54) is 5.56 Å². The molecule has 0 aromatic heterocycles. The second-order valence-corrected chi connectivity index (χ2v) is 6.58. The van der Waals surface area contributed by atoms with E-state index >= 15 is 0 Å². The second-order valence-electron chi connectivity index (χ2n) is 6.58. The van der Waals surface area contributed by atoms with E-state index in [4.69, 9.17) is 5.26 Å². The predicted molar refractivity (Wildman–Crippen MR) is 88.6 cm³/mol. The van der Waals surface area contributed by atoms with Crippen molar-refractivity contribution in [3.05, 3.63) is 35.4 Å². The standard InChI is InChI=1S/C18H24N4O/c1-14(18(23)20-17-5-6-17)22-9-7-21(8-10-22)13-16-4-2-3-15(11-16)12-19/h2-4,11,14,17H,5-10,13H2,1H3,(H,20,23). The van der Waals surface area contributed by atoms with Crippen molar-refractivity contribution >= 4 is 5.91 Å². The summed E-state index contributed by atoms with van der Waals surface area (Å²) >= 11 is 0. The lowest BCUT2D eigenvalue weighted by Crippen LogP contribution is -2.53. The van der Waals surface area contributed by atoms with Crippen LogP contribution in [0.5, 0.6) is 0 Å². The van der Waals surface area contributed by atoms with Crippen LogP contribution in [0.2, 0.25) is 0 Å². The number of piperazine rings is 1. The van der Waals surface area contributed by atoms with Gasteiger partial charge in [-0.25, -0.2) is 0 Å². The Balaban J connectivity index is 1.47. The summed E-state index contributed by atoms with van der Waals surface area (Å²) in [6.07, 6.45) is 2.27. The van der Waals surface area contributed by atoms with Gasteiger partial charge in [-0.3, -0.25) is 14.6 Å². The summed E-state index contributed by atoms with van der Waals surface area (Å²) in [6.45, 7) is 6.61. The fraction of sp³-hybridized carbons (Fsp3) is 0.556. The molecule has 5 nitrogen and oxygen atoms in total. The van der Waals surface area contributed by atoms with Crippen LogP contribution < -0.4 is 5.32 Å². The first-order valence-electron chi connectivity index (χ1n) is 8.41. The van der Waals surface area contributed by atoms with E-state index in [2.05, 4.69) is 27.3 Å². The molecule has 0 spiro atoms. The zero-order chi connectivity index (χ0) is 16.2. The fourth-order valence-electron chi connectivity index (χ4n) is 3.02. The van der Waals surface area contributed by atoms with Crippen molar-refractivity contribution in [1.29, 1.82) is 5.26 Å². The lowest BCUT2D eigenvalue weighted by molar-refractivity contribution is -0.126. The largest absolute Gasteiger partial charge is 0.352 e. The van der Waals surface area contributed by atoms with Gasteiger partial charge in [0.15, 0.2) is 0 Å². The molecule has 1 amide bonds. The molecule has 1 N–H and O–H groups in total. The normalized spacial score (nSPS) is 20.7. The molecule has 2 aliphatic rings. The van der Waals surface area contributed by atoms with E-state index in [1.807, 2.05) is 25.1 Å². The molecule has 23 heavy (non-hydrogen) atoms. The highest BCUT2D eigenvalue weighted by atomic mass is 16.2. The SMILES string of the molecule is CC(C(=O)NC1CC1)N1CCN(Cc2cccc(C#N)c2)CC1. The van der Waals surface area contributed by atoms with E-state index in [0.717, 1.165) is 45.6 Å². The number of rotatable bonds is 5. The van der Waals surface area contributed by atoms with Gasteiger partial charge in [-0.2, -0.15) is 5.26 Å². The Bertz CT molecular complexity index is 597. The van der Waals surface area contributed by atoms with E-state index in [9.17, 15) is 4.79 Å².